The topological polar surface area (TPSA) is 50.7 Å². The lowest BCUT2D eigenvalue weighted by atomic mass is 10.2. The normalized spacial score (nSPS) is 10.9. The molecule has 2 rings (SSSR count). The molecule has 0 spiro atoms. The first-order valence-corrected chi connectivity index (χ1v) is 6.48. The van der Waals surface area contributed by atoms with Crippen LogP contribution in [0.3, 0.4) is 0 Å². The third-order valence-corrected chi connectivity index (χ3v) is 3.15. The highest BCUT2D eigenvalue weighted by molar-refractivity contribution is 7.14. The van der Waals surface area contributed by atoms with E-state index in [9.17, 15) is 0 Å². The van der Waals surface area contributed by atoms with Gasteiger partial charge in [-0.2, -0.15) is 0 Å². The second kappa shape index (κ2) is 4.98. The molecule has 0 saturated heterocycles. The molecule has 2 heterocycles. The highest BCUT2D eigenvalue weighted by Gasteiger charge is 2.11. The van der Waals surface area contributed by atoms with Crippen LogP contribution in [-0.2, 0) is 0 Å². The minimum atomic E-state index is 0.321. The van der Waals surface area contributed by atoms with Crippen LogP contribution in [0.2, 0.25) is 5.15 Å². The zero-order chi connectivity index (χ0) is 12.4. The van der Waals surface area contributed by atoms with Crippen LogP contribution in [0.1, 0.15) is 18.9 Å². The number of aromatic nitrogens is 3. The monoisotopic (exact) mass is 268 g/mol. The van der Waals surface area contributed by atoms with E-state index in [0.717, 1.165) is 21.3 Å². The summed E-state index contributed by atoms with van der Waals surface area (Å²) in [6, 6.07) is 2.13. The second-order valence-electron chi connectivity index (χ2n) is 3.98. The molecule has 0 aromatic carbocycles. The first-order chi connectivity index (χ1) is 8.06. The average molecular weight is 269 g/mol. The summed E-state index contributed by atoms with van der Waals surface area (Å²) in [4.78, 5) is 4.10. The van der Waals surface area contributed by atoms with E-state index in [2.05, 4.69) is 34.3 Å². The van der Waals surface area contributed by atoms with Gasteiger partial charge in [0.2, 0.25) is 0 Å². The van der Waals surface area contributed by atoms with Crippen LogP contribution in [0, 0.1) is 6.92 Å². The van der Waals surface area contributed by atoms with E-state index in [1.807, 2.05) is 13.0 Å². The Hall–Kier alpha value is -1.20. The van der Waals surface area contributed by atoms with Crippen molar-refractivity contribution in [1.29, 1.82) is 0 Å². The third-order valence-electron chi connectivity index (χ3n) is 2.07. The third kappa shape index (κ3) is 2.92. The predicted molar refractivity (Wildman–Crippen MR) is 71.6 cm³/mol. The molecule has 0 saturated carbocycles. The van der Waals surface area contributed by atoms with Crippen molar-refractivity contribution in [3.63, 3.8) is 0 Å². The molecule has 2 aromatic rings. The lowest BCUT2D eigenvalue weighted by Crippen LogP contribution is -2.10. The molecule has 90 valence electrons. The Morgan fingerprint density at radius 3 is 2.71 bits per heavy atom. The number of hydrogen-bond acceptors (Lipinski definition) is 5. The van der Waals surface area contributed by atoms with E-state index < -0.39 is 0 Å². The Labute approximate surface area is 109 Å². The van der Waals surface area contributed by atoms with Gasteiger partial charge in [0, 0.05) is 17.9 Å². The van der Waals surface area contributed by atoms with Crippen molar-refractivity contribution in [3.05, 3.63) is 22.4 Å². The molecule has 0 amide bonds. The second-order valence-corrected chi connectivity index (χ2v) is 5.55. The number of halogens is 1. The van der Waals surface area contributed by atoms with E-state index in [1.54, 1.807) is 17.5 Å². The van der Waals surface area contributed by atoms with Crippen LogP contribution in [0.25, 0.3) is 10.6 Å². The van der Waals surface area contributed by atoms with E-state index >= 15 is 0 Å². The molecule has 0 fully saturated rings. The Balaban J connectivity index is 2.45. The van der Waals surface area contributed by atoms with Crippen LogP contribution >= 0.6 is 22.9 Å². The highest BCUT2D eigenvalue weighted by Crippen LogP contribution is 2.31. The van der Waals surface area contributed by atoms with Gasteiger partial charge in [0.15, 0.2) is 5.01 Å². The van der Waals surface area contributed by atoms with Gasteiger partial charge in [0.1, 0.15) is 10.2 Å². The highest BCUT2D eigenvalue weighted by atomic mass is 35.5. The first-order valence-electron chi connectivity index (χ1n) is 5.29. The lowest BCUT2D eigenvalue weighted by molar-refractivity contribution is 0.899. The molecule has 0 bridgehead atoms. The van der Waals surface area contributed by atoms with Gasteiger partial charge in [-0.15, -0.1) is 10.2 Å². The van der Waals surface area contributed by atoms with Gasteiger partial charge in [-0.3, -0.25) is 0 Å². The van der Waals surface area contributed by atoms with Gasteiger partial charge >= 0.3 is 0 Å². The first kappa shape index (κ1) is 12.3. The Morgan fingerprint density at radius 2 is 2.12 bits per heavy atom. The molecule has 4 nitrogen and oxygen atoms in total. The SMILES string of the molecule is Cc1nnc(-c2cnc(Cl)cc2NC(C)C)s1. The van der Waals surface area contributed by atoms with Crippen LogP contribution in [0.5, 0.6) is 0 Å². The standard InChI is InChI=1S/C11H13ClN4S/c1-6(2)14-9-4-10(12)13-5-8(9)11-16-15-7(3)17-11/h4-6H,1-3H3,(H,13,14). The Bertz CT molecular complexity index is 524. The van der Waals surface area contributed by atoms with Crippen molar-refractivity contribution in [1.82, 2.24) is 15.2 Å². The summed E-state index contributed by atoms with van der Waals surface area (Å²) in [6.45, 7) is 6.08. The van der Waals surface area contributed by atoms with Crippen molar-refractivity contribution >= 4 is 28.6 Å². The van der Waals surface area contributed by atoms with Gasteiger partial charge in [0.25, 0.3) is 0 Å². The van der Waals surface area contributed by atoms with Gasteiger partial charge in [-0.05, 0) is 26.8 Å². The smallest absolute Gasteiger partial charge is 0.151 e. The Morgan fingerprint density at radius 1 is 1.35 bits per heavy atom. The van der Waals surface area contributed by atoms with E-state index in [0.29, 0.717) is 11.2 Å². The molecule has 0 aliphatic rings. The quantitative estimate of drug-likeness (QED) is 0.867. The van der Waals surface area contributed by atoms with Gasteiger partial charge in [-0.25, -0.2) is 4.98 Å². The summed E-state index contributed by atoms with van der Waals surface area (Å²) in [7, 11) is 0. The number of pyridine rings is 1. The molecular weight excluding hydrogens is 256 g/mol. The molecule has 0 aliphatic heterocycles. The maximum Gasteiger partial charge on any atom is 0.151 e. The summed E-state index contributed by atoms with van der Waals surface area (Å²) in [5, 5.41) is 13.7. The van der Waals surface area contributed by atoms with E-state index in [4.69, 9.17) is 11.6 Å². The summed E-state index contributed by atoms with van der Waals surface area (Å²) >= 11 is 7.45. The maximum atomic E-state index is 5.91. The average Bonchev–Trinajstić information content (AvgIpc) is 2.64. The number of rotatable bonds is 3. The van der Waals surface area contributed by atoms with E-state index in [-0.39, 0.29) is 0 Å². The molecule has 1 N–H and O–H groups in total. The van der Waals surface area contributed by atoms with Crippen LogP contribution in [0.15, 0.2) is 12.3 Å². The number of nitrogens with one attached hydrogen (secondary N) is 1. The largest absolute Gasteiger partial charge is 0.382 e. The maximum absolute atomic E-state index is 5.91. The zero-order valence-electron chi connectivity index (χ0n) is 9.86. The number of nitrogens with zero attached hydrogens (tertiary/aromatic N) is 3. The summed E-state index contributed by atoms with van der Waals surface area (Å²) < 4.78 is 0. The van der Waals surface area contributed by atoms with Crippen molar-refractivity contribution in [2.75, 3.05) is 5.32 Å². The minimum absolute atomic E-state index is 0.321. The molecular formula is C11H13ClN4S. The summed E-state index contributed by atoms with van der Waals surface area (Å²) in [5.41, 5.74) is 1.88. The molecule has 0 atom stereocenters. The molecule has 6 heteroatoms. The lowest BCUT2D eigenvalue weighted by Gasteiger charge is -2.13. The van der Waals surface area contributed by atoms with Crippen LogP contribution in [-0.4, -0.2) is 21.2 Å². The molecule has 17 heavy (non-hydrogen) atoms. The van der Waals surface area contributed by atoms with Crippen molar-refractivity contribution in [2.45, 2.75) is 26.8 Å². The number of aryl methyl sites for hydroxylation is 1. The molecule has 0 radical (unpaired) electrons. The van der Waals surface area contributed by atoms with Crippen LogP contribution in [0.4, 0.5) is 5.69 Å². The molecule has 0 unspecified atom stereocenters. The predicted octanol–water partition coefficient (Wildman–Crippen LogP) is 3.38. The van der Waals surface area contributed by atoms with E-state index in [1.165, 1.54) is 0 Å². The number of hydrogen-bond donors (Lipinski definition) is 1. The summed E-state index contributed by atoms with van der Waals surface area (Å²) in [5.74, 6) is 0. The number of anilines is 1. The van der Waals surface area contributed by atoms with Crippen molar-refractivity contribution in [3.8, 4) is 10.6 Å². The molecule has 2 aromatic heterocycles. The van der Waals surface area contributed by atoms with Crippen LogP contribution < -0.4 is 5.32 Å². The minimum Gasteiger partial charge on any atom is -0.382 e. The van der Waals surface area contributed by atoms with Gasteiger partial charge in [0.05, 0.1) is 5.56 Å². The van der Waals surface area contributed by atoms with Gasteiger partial charge in [-0.1, -0.05) is 22.9 Å². The fourth-order valence-electron chi connectivity index (χ4n) is 1.44. The van der Waals surface area contributed by atoms with Gasteiger partial charge < -0.3 is 5.32 Å². The summed E-state index contributed by atoms with van der Waals surface area (Å²) in [6.07, 6.45) is 1.73. The fraction of sp³-hybridized carbons (Fsp3) is 0.364. The zero-order valence-corrected chi connectivity index (χ0v) is 11.4. The van der Waals surface area contributed by atoms with Crippen molar-refractivity contribution in [2.24, 2.45) is 0 Å². The van der Waals surface area contributed by atoms with Crippen molar-refractivity contribution < 1.29 is 0 Å². The Kier molecular flexibility index (Phi) is 3.59. The fourth-order valence-corrected chi connectivity index (χ4v) is 2.31. The molecule has 0 aliphatic carbocycles.